The molecule has 0 spiro atoms. The second-order valence-electron chi connectivity index (χ2n) is 6.57. The van der Waals surface area contributed by atoms with Crippen molar-refractivity contribution in [1.29, 1.82) is 0 Å². The molecule has 0 aromatic heterocycles. The molecule has 2 rings (SSSR count). The number of halogens is 2. The fourth-order valence-electron chi connectivity index (χ4n) is 2.86. The van der Waals surface area contributed by atoms with Crippen molar-refractivity contribution in [3.05, 3.63) is 36.4 Å². The minimum absolute atomic E-state index is 0.790. The van der Waals surface area contributed by atoms with Gasteiger partial charge in [0.25, 0.3) is 0 Å². The van der Waals surface area contributed by atoms with E-state index in [0.717, 1.165) is 48.2 Å². The number of alkyl halides is 2. The largest absolute Gasteiger partial charge is 0.494 e. The number of fused-ring (bicyclic) bond motifs is 1. The number of unbranched alkanes of at least 4 members (excludes halogenated alkanes) is 6. The van der Waals surface area contributed by atoms with Crippen molar-refractivity contribution in [2.45, 2.75) is 51.4 Å². The Kier molecular flexibility index (Phi) is 11.1. The minimum Gasteiger partial charge on any atom is -0.494 e. The number of ether oxygens (including phenoxy) is 2. The van der Waals surface area contributed by atoms with Gasteiger partial charge in [-0.1, -0.05) is 69.7 Å². The first-order chi connectivity index (χ1) is 12.8. The zero-order valence-corrected chi connectivity index (χ0v) is 18.7. The van der Waals surface area contributed by atoms with Crippen molar-refractivity contribution in [3.63, 3.8) is 0 Å². The number of benzene rings is 2. The smallest absolute Gasteiger partial charge is 0.119 e. The first-order valence-corrected chi connectivity index (χ1v) is 12.0. The third-order valence-electron chi connectivity index (χ3n) is 4.38. The molecule has 144 valence electrons. The van der Waals surface area contributed by atoms with Crippen LogP contribution < -0.4 is 9.47 Å². The molecule has 0 fully saturated rings. The van der Waals surface area contributed by atoms with Crippen molar-refractivity contribution in [1.82, 2.24) is 0 Å². The average Bonchev–Trinajstić information content (AvgIpc) is 2.67. The van der Waals surface area contributed by atoms with Gasteiger partial charge in [0.15, 0.2) is 0 Å². The molecule has 0 aliphatic carbocycles. The standard InChI is InChI=1S/C22H30Br2O2/c23-13-5-1-3-7-15-25-21-11-9-19-10-12-22(18-20(19)17-21)26-16-8-4-2-6-14-24/h9-12,17-18H,1-8,13-16H2. The summed E-state index contributed by atoms with van der Waals surface area (Å²) in [5, 5.41) is 4.59. The van der Waals surface area contributed by atoms with E-state index in [-0.39, 0.29) is 0 Å². The molecule has 0 atom stereocenters. The van der Waals surface area contributed by atoms with Gasteiger partial charge in [0, 0.05) is 10.7 Å². The Morgan fingerprint density at radius 1 is 0.538 bits per heavy atom. The van der Waals surface area contributed by atoms with Crippen LogP contribution in [0.3, 0.4) is 0 Å². The number of hydrogen-bond donors (Lipinski definition) is 0. The van der Waals surface area contributed by atoms with E-state index in [2.05, 4.69) is 68.3 Å². The van der Waals surface area contributed by atoms with Gasteiger partial charge < -0.3 is 9.47 Å². The van der Waals surface area contributed by atoms with Gasteiger partial charge in [0.2, 0.25) is 0 Å². The van der Waals surface area contributed by atoms with Crippen molar-refractivity contribution in [2.75, 3.05) is 23.9 Å². The first-order valence-electron chi connectivity index (χ1n) is 9.75. The van der Waals surface area contributed by atoms with Crippen LogP contribution >= 0.6 is 31.9 Å². The van der Waals surface area contributed by atoms with E-state index >= 15 is 0 Å². The average molecular weight is 486 g/mol. The fourth-order valence-corrected chi connectivity index (χ4v) is 3.66. The highest BCUT2D eigenvalue weighted by Crippen LogP contribution is 2.25. The predicted molar refractivity (Wildman–Crippen MR) is 119 cm³/mol. The van der Waals surface area contributed by atoms with Gasteiger partial charge in [-0.15, -0.1) is 0 Å². The van der Waals surface area contributed by atoms with E-state index in [0.29, 0.717) is 0 Å². The lowest BCUT2D eigenvalue weighted by molar-refractivity contribution is 0.304. The van der Waals surface area contributed by atoms with Gasteiger partial charge >= 0.3 is 0 Å². The van der Waals surface area contributed by atoms with Crippen LogP contribution in [-0.2, 0) is 0 Å². The Balaban J connectivity index is 1.79. The van der Waals surface area contributed by atoms with Crippen LogP contribution in [0, 0.1) is 0 Å². The van der Waals surface area contributed by atoms with Crippen LogP contribution in [0.15, 0.2) is 36.4 Å². The van der Waals surface area contributed by atoms with Crippen LogP contribution in [-0.4, -0.2) is 23.9 Å². The molecule has 0 aliphatic heterocycles. The Morgan fingerprint density at radius 2 is 1.00 bits per heavy atom. The fraction of sp³-hybridized carbons (Fsp3) is 0.545. The van der Waals surface area contributed by atoms with Crippen molar-refractivity contribution >= 4 is 42.6 Å². The van der Waals surface area contributed by atoms with E-state index in [1.807, 2.05) is 0 Å². The minimum atomic E-state index is 0.790. The van der Waals surface area contributed by atoms with Crippen LogP contribution in [0.4, 0.5) is 0 Å². The second kappa shape index (κ2) is 13.4. The number of rotatable bonds is 14. The summed E-state index contributed by atoms with van der Waals surface area (Å²) < 4.78 is 11.8. The van der Waals surface area contributed by atoms with Crippen LogP contribution in [0.5, 0.6) is 11.5 Å². The lowest BCUT2D eigenvalue weighted by Gasteiger charge is -2.10. The topological polar surface area (TPSA) is 18.5 Å². The van der Waals surface area contributed by atoms with Crippen LogP contribution in [0.2, 0.25) is 0 Å². The highest BCUT2D eigenvalue weighted by molar-refractivity contribution is 9.09. The van der Waals surface area contributed by atoms with E-state index < -0.39 is 0 Å². The normalized spacial score (nSPS) is 11.0. The highest BCUT2D eigenvalue weighted by Gasteiger charge is 2.01. The maximum absolute atomic E-state index is 5.91. The van der Waals surface area contributed by atoms with Crippen molar-refractivity contribution < 1.29 is 9.47 Å². The molecule has 0 heterocycles. The molecule has 0 bridgehead atoms. The molecule has 2 aromatic carbocycles. The molecule has 0 aliphatic rings. The molecule has 26 heavy (non-hydrogen) atoms. The van der Waals surface area contributed by atoms with Gasteiger partial charge in [0.05, 0.1) is 13.2 Å². The van der Waals surface area contributed by atoms with Gasteiger partial charge in [-0.2, -0.15) is 0 Å². The Hall–Kier alpha value is -0.740. The molecule has 0 radical (unpaired) electrons. The quantitative estimate of drug-likeness (QED) is 0.203. The maximum atomic E-state index is 5.91. The molecular formula is C22H30Br2O2. The molecule has 2 aromatic rings. The molecule has 4 heteroatoms. The Morgan fingerprint density at radius 3 is 1.46 bits per heavy atom. The maximum Gasteiger partial charge on any atom is 0.119 e. The zero-order valence-electron chi connectivity index (χ0n) is 15.5. The summed E-state index contributed by atoms with van der Waals surface area (Å²) in [6, 6.07) is 12.6. The number of hydrogen-bond acceptors (Lipinski definition) is 2. The van der Waals surface area contributed by atoms with Crippen molar-refractivity contribution in [2.24, 2.45) is 0 Å². The molecule has 0 amide bonds. The van der Waals surface area contributed by atoms with Gasteiger partial charge in [-0.25, -0.2) is 0 Å². The molecule has 2 nitrogen and oxygen atoms in total. The summed E-state index contributed by atoms with van der Waals surface area (Å²) in [6.07, 6.45) is 9.71. The third kappa shape index (κ3) is 8.30. The van der Waals surface area contributed by atoms with E-state index in [4.69, 9.17) is 9.47 Å². The monoisotopic (exact) mass is 484 g/mol. The first kappa shape index (κ1) is 21.6. The Labute approximate surface area is 174 Å². The highest BCUT2D eigenvalue weighted by atomic mass is 79.9. The summed E-state index contributed by atoms with van der Waals surface area (Å²) in [5.74, 6) is 1.90. The zero-order chi connectivity index (χ0) is 18.5. The second-order valence-corrected chi connectivity index (χ2v) is 8.16. The molecule has 0 saturated carbocycles. The molecule has 0 N–H and O–H groups in total. The summed E-state index contributed by atoms with van der Waals surface area (Å²) in [4.78, 5) is 0. The lowest BCUT2D eigenvalue weighted by Crippen LogP contribution is -1.98. The Bertz CT molecular complexity index is 580. The predicted octanol–water partition coefficient (Wildman–Crippen LogP) is 7.51. The van der Waals surface area contributed by atoms with Crippen molar-refractivity contribution in [3.8, 4) is 11.5 Å². The van der Waals surface area contributed by atoms with Gasteiger partial charge in [-0.05, 0) is 60.7 Å². The summed E-state index contributed by atoms with van der Waals surface area (Å²) in [7, 11) is 0. The van der Waals surface area contributed by atoms with E-state index in [1.54, 1.807) is 0 Å². The molecule has 0 saturated heterocycles. The van der Waals surface area contributed by atoms with Gasteiger partial charge in [0.1, 0.15) is 11.5 Å². The third-order valence-corrected chi connectivity index (χ3v) is 5.50. The van der Waals surface area contributed by atoms with Crippen LogP contribution in [0.25, 0.3) is 10.8 Å². The molecular weight excluding hydrogens is 456 g/mol. The van der Waals surface area contributed by atoms with E-state index in [9.17, 15) is 0 Å². The SMILES string of the molecule is BrCCCCCCOc1ccc2ccc(OCCCCCCBr)cc2c1. The summed E-state index contributed by atoms with van der Waals surface area (Å²) in [6.45, 7) is 1.58. The lowest BCUT2D eigenvalue weighted by atomic mass is 10.1. The summed E-state index contributed by atoms with van der Waals surface area (Å²) >= 11 is 6.94. The molecule has 0 unspecified atom stereocenters. The van der Waals surface area contributed by atoms with Crippen LogP contribution in [0.1, 0.15) is 51.4 Å². The van der Waals surface area contributed by atoms with E-state index in [1.165, 1.54) is 49.3 Å². The summed E-state index contributed by atoms with van der Waals surface area (Å²) in [5.41, 5.74) is 0. The van der Waals surface area contributed by atoms with Gasteiger partial charge in [-0.3, -0.25) is 0 Å².